The van der Waals surface area contributed by atoms with E-state index in [1.807, 2.05) is 13.0 Å². The summed E-state index contributed by atoms with van der Waals surface area (Å²) in [7, 11) is 0. The van der Waals surface area contributed by atoms with Gasteiger partial charge in [0.1, 0.15) is 29.4 Å². The molecule has 2 nitrogen and oxygen atoms in total. The summed E-state index contributed by atoms with van der Waals surface area (Å²) in [6, 6.07) is 3.35. The number of hydrogen-bond donors (Lipinski definition) is 0. The van der Waals surface area contributed by atoms with E-state index in [1.54, 1.807) is 0 Å². The lowest BCUT2D eigenvalue weighted by atomic mass is 9.77. The lowest BCUT2D eigenvalue weighted by Crippen LogP contribution is -2.34. The van der Waals surface area contributed by atoms with Gasteiger partial charge in [0.05, 0.1) is 6.61 Å². The minimum Gasteiger partial charge on any atom is -0.367 e. The summed E-state index contributed by atoms with van der Waals surface area (Å²) in [5, 5.41) is 8.68. The zero-order chi connectivity index (χ0) is 19.8. The first kappa shape index (κ1) is 21.4. The van der Waals surface area contributed by atoms with Crippen LogP contribution in [0, 0.1) is 34.8 Å². The van der Waals surface area contributed by atoms with Crippen molar-refractivity contribution in [3.05, 3.63) is 47.0 Å². The standard InChI is InChI=1S/C21H25F4NO/c1-2-3-4-5-14-6-8-16(9-7-14)20(21(24)25)27-13-15-10-18(22)17(12-26)19(23)11-15/h2-3,10-11,14,16,20-21H,4-9,13H2,1H3/b3-2+. The zero-order valence-corrected chi connectivity index (χ0v) is 15.4. The molecular formula is C21H25F4NO. The van der Waals surface area contributed by atoms with E-state index in [0.29, 0.717) is 18.8 Å². The van der Waals surface area contributed by atoms with Crippen LogP contribution in [0.15, 0.2) is 24.3 Å². The summed E-state index contributed by atoms with van der Waals surface area (Å²) >= 11 is 0. The minimum atomic E-state index is -2.65. The third-order valence-corrected chi connectivity index (χ3v) is 5.24. The second-order valence-electron chi connectivity index (χ2n) is 7.08. The summed E-state index contributed by atoms with van der Waals surface area (Å²) in [6.07, 6.45) is 5.46. The molecule has 1 atom stereocenters. The fourth-order valence-corrected chi connectivity index (χ4v) is 3.73. The quantitative estimate of drug-likeness (QED) is 0.398. The monoisotopic (exact) mass is 383 g/mol. The van der Waals surface area contributed by atoms with Crippen molar-refractivity contribution >= 4 is 0 Å². The number of alkyl halides is 2. The molecule has 1 aromatic rings. The molecule has 0 bridgehead atoms. The zero-order valence-electron chi connectivity index (χ0n) is 15.4. The molecule has 1 aromatic carbocycles. The van der Waals surface area contributed by atoms with E-state index >= 15 is 0 Å². The molecule has 2 rings (SSSR count). The molecule has 0 saturated heterocycles. The highest BCUT2D eigenvalue weighted by Gasteiger charge is 2.33. The number of nitrogens with zero attached hydrogens (tertiary/aromatic N) is 1. The molecule has 0 aliphatic heterocycles. The third kappa shape index (κ3) is 6.07. The van der Waals surface area contributed by atoms with Gasteiger partial charge in [-0.2, -0.15) is 5.26 Å². The van der Waals surface area contributed by atoms with E-state index in [9.17, 15) is 17.6 Å². The second-order valence-corrected chi connectivity index (χ2v) is 7.08. The number of nitriles is 1. The van der Waals surface area contributed by atoms with Crippen LogP contribution in [0.5, 0.6) is 0 Å². The van der Waals surface area contributed by atoms with Crippen LogP contribution in [0.3, 0.4) is 0 Å². The number of allylic oxidation sites excluding steroid dienone is 2. The van der Waals surface area contributed by atoms with Crippen LogP contribution in [0.25, 0.3) is 0 Å². The van der Waals surface area contributed by atoms with Gasteiger partial charge in [-0.05, 0) is 62.1 Å². The Balaban J connectivity index is 1.92. The highest BCUT2D eigenvalue weighted by atomic mass is 19.3. The molecule has 0 heterocycles. The van der Waals surface area contributed by atoms with E-state index in [4.69, 9.17) is 10.00 Å². The molecule has 0 radical (unpaired) electrons. The van der Waals surface area contributed by atoms with Gasteiger partial charge in [0.25, 0.3) is 6.43 Å². The fourth-order valence-electron chi connectivity index (χ4n) is 3.73. The van der Waals surface area contributed by atoms with E-state index in [0.717, 1.165) is 37.8 Å². The van der Waals surface area contributed by atoms with Crippen molar-refractivity contribution < 1.29 is 22.3 Å². The van der Waals surface area contributed by atoms with Gasteiger partial charge in [-0.3, -0.25) is 0 Å². The van der Waals surface area contributed by atoms with Gasteiger partial charge in [-0.1, -0.05) is 25.0 Å². The van der Waals surface area contributed by atoms with Crippen molar-refractivity contribution in [3.8, 4) is 6.07 Å². The highest BCUT2D eigenvalue weighted by Crippen LogP contribution is 2.36. The Morgan fingerprint density at radius 1 is 1.19 bits per heavy atom. The number of ether oxygens (including phenoxy) is 1. The molecule has 1 saturated carbocycles. The smallest absolute Gasteiger partial charge is 0.264 e. The Hall–Kier alpha value is -1.87. The van der Waals surface area contributed by atoms with E-state index in [1.165, 1.54) is 6.07 Å². The molecule has 0 aromatic heterocycles. The van der Waals surface area contributed by atoms with E-state index < -0.39 is 29.7 Å². The Morgan fingerprint density at radius 2 is 1.81 bits per heavy atom. The topological polar surface area (TPSA) is 33.0 Å². The first-order chi connectivity index (χ1) is 13.0. The number of rotatable bonds is 8. The predicted octanol–water partition coefficient (Wildman–Crippen LogP) is 6.15. The molecule has 1 unspecified atom stereocenters. The molecule has 0 N–H and O–H groups in total. The van der Waals surface area contributed by atoms with Gasteiger partial charge in [0, 0.05) is 0 Å². The fraction of sp³-hybridized carbons (Fsp3) is 0.571. The van der Waals surface area contributed by atoms with Crippen LogP contribution in [0.2, 0.25) is 0 Å². The molecular weight excluding hydrogens is 358 g/mol. The van der Waals surface area contributed by atoms with Gasteiger partial charge < -0.3 is 4.74 Å². The van der Waals surface area contributed by atoms with Crippen LogP contribution in [-0.2, 0) is 11.3 Å². The van der Waals surface area contributed by atoms with Gasteiger partial charge in [0.15, 0.2) is 0 Å². The molecule has 1 fully saturated rings. The van der Waals surface area contributed by atoms with Gasteiger partial charge >= 0.3 is 0 Å². The van der Waals surface area contributed by atoms with Crippen molar-refractivity contribution in [2.24, 2.45) is 11.8 Å². The van der Waals surface area contributed by atoms with E-state index in [2.05, 4.69) is 6.08 Å². The normalized spacial score (nSPS) is 21.5. The maximum absolute atomic E-state index is 13.6. The van der Waals surface area contributed by atoms with Crippen molar-refractivity contribution in [1.29, 1.82) is 5.26 Å². The lowest BCUT2D eigenvalue weighted by molar-refractivity contribution is -0.102. The van der Waals surface area contributed by atoms with Crippen LogP contribution < -0.4 is 0 Å². The third-order valence-electron chi connectivity index (χ3n) is 5.24. The predicted molar refractivity (Wildman–Crippen MR) is 95.2 cm³/mol. The maximum atomic E-state index is 13.6. The first-order valence-electron chi connectivity index (χ1n) is 9.35. The Labute approximate surface area is 157 Å². The van der Waals surface area contributed by atoms with Crippen molar-refractivity contribution in [2.75, 3.05) is 0 Å². The van der Waals surface area contributed by atoms with Gasteiger partial charge in [0.2, 0.25) is 0 Å². The number of hydrogen-bond acceptors (Lipinski definition) is 2. The van der Waals surface area contributed by atoms with Crippen LogP contribution >= 0.6 is 0 Å². The summed E-state index contributed by atoms with van der Waals surface area (Å²) < 4.78 is 59.6. The Bertz CT molecular complexity index is 652. The summed E-state index contributed by atoms with van der Waals surface area (Å²) in [5.74, 6) is -1.72. The molecule has 0 amide bonds. The van der Waals surface area contributed by atoms with Gasteiger partial charge in [-0.15, -0.1) is 0 Å². The summed E-state index contributed by atoms with van der Waals surface area (Å²) in [4.78, 5) is 0. The molecule has 27 heavy (non-hydrogen) atoms. The van der Waals surface area contributed by atoms with Crippen molar-refractivity contribution in [1.82, 2.24) is 0 Å². The first-order valence-corrected chi connectivity index (χ1v) is 9.35. The summed E-state index contributed by atoms with van der Waals surface area (Å²) in [5.41, 5.74) is -0.574. The van der Waals surface area contributed by atoms with Crippen LogP contribution in [0.1, 0.15) is 56.6 Å². The lowest BCUT2D eigenvalue weighted by Gasteiger charge is -2.33. The highest BCUT2D eigenvalue weighted by molar-refractivity contribution is 5.34. The molecule has 1 aliphatic carbocycles. The number of benzene rings is 1. The Kier molecular flexibility index (Phi) is 8.30. The Morgan fingerprint density at radius 3 is 2.33 bits per heavy atom. The number of halogens is 4. The van der Waals surface area contributed by atoms with Crippen LogP contribution in [0.4, 0.5) is 17.6 Å². The average molecular weight is 383 g/mol. The average Bonchev–Trinajstić information content (AvgIpc) is 2.63. The van der Waals surface area contributed by atoms with Crippen LogP contribution in [-0.4, -0.2) is 12.5 Å². The van der Waals surface area contributed by atoms with E-state index in [-0.39, 0.29) is 18.1 Å². The second kappa shape index (κ2) is 10.5. The largest absolute Gasteiger partial charge is 0.367 e. The molecule has 148 valence electrons. The molecule has 0 spiro atoms. The minimum absolute atomic E-state index is 0.106. The maximum Gasteiger partial charge on any atom is 0.264 e. The SMILES string of the molecule is C/C=C/CCC1CCC(C(OCc2cc(F)c(C#N)c(F)c2)C(F)F)CC1. The summed E-state index contributed by atoms with van der Waals surface area (Å²) in [6.45, 7) is 1.67. The molecule has 6 heteroatoms. The van der Waals surface area contributed by atoms with Crippen molar-refractivity contribution in [2.45, 2.75) is 64.6 Å². The molecule has 1 aliphatic rings. The van der Waals surface area contributed by atoms with Gasteiger partial charge in [-0.25, -0.2) is 17.6 Å². The van der Waals surface area contributed by atoms with Crippen molar-refractivity contribution in [3.63, 3.8) is 0 Å².